The van der Waals surface area contributed by atoms with Crippen molar-refractivity contribution in [2.75, 3.05) is 40.3 Å². The van der Waals surface area contributed by atoms with Crippen LogP contribution in [0.5, 0.6) is 0 Å². The zero-order valence-electron chi connectivity index (χ0n) is 24.3. The first-order valence-electron chi connectivity index (χ1n) is 13.5. The number of carbonyl (C=O) groups is 4. The quantitative estimate of drug-likeness (QED) is 0.281. The van der Waals surface area contributed by atoms with Crippen molar-refractivity contribution in [3.05, 3.63) is 35.4 Å². The molecule has 10 nitrogen and oxygen atoms in total. The van der Waals surface area contributed by atoms with Gasteiger partial charge in [0.1, 0.15) is 12.1 Å². The second-order valence-electron chi connectivity index (χ2n) is 10.2. The van der Waals surface area contributed by atoms with Gasteiger partial charge in [0.15, 0.2) is 0 Å². The second-order valence-corrected chi connectivity index (χ2v) is 10.2. The topological polar surface area (TPSA) is 120 Å². The average Bonchev–Trinajstić information content (AvgIpc) is 2.88. The molecule has 2 atom stereocenters. The lowest BCUT2D eigenvalue weighted by atomic mass is 9.99. The number of likely N-dealkylation sites (N-methyl/N-ethyl adjacent to an activating group) is 2. The fourth-order valence-electron chi connectivity index (χ4n) is 3.96. The van der Waals surface area contributed by atoms with Crippen molar-refractivity contribution in [2.45, 2.75) is 66.5 Å². The van der Waals surface area contributed by atoms with Crippen LogP contribution in [0.2, 0.25) is 0 Å². The van der Waals surface area contributed by atoms with E-state index in [1.165, 1.54) is 14.2 Å². The molecule has 10 heteroatoms. The van der Waals surface area contributed by atoms with E-state index in [1.54, 1.807) is 24.3 Å². The molecule has 0 radical (unpaired) electrons. The van der Waals surface area contributed by atoms with E-state index in [4.69, 9.17) is 4.84 Å². The van der Waals surface area contributed by atoms with Gasteiger partial charge < -0.3 is 20.9 Å². The summed E-state index contributed by atoms with van der Waals surface area (Å²) >= 11 is 0. The maximum absolute atomic E-state index is 13.2. The summed E-state index contributed by atoms with van der Waals surface area (Å²) in [5.74, 6) is -1.16. The molecule has 38 heavy (non-hydrogen) atoms. The van der Waals surface area contributed by atoms with Crippen molar-refractivity contribution in [2.24, 2.45) is 11.8 Å². The minimum absolute atomic E-state index is 0.120. The minimum Gasteiger partial charge on any atom is -0.351 e. The number of nitrogens with zero attached hydrogens (tertiary/aromatic N) is 2. The summed E-state index contributed by atoms with van der Waals surface area (Å²) in [4.78, 5) is 58.6. The van der Waals surface area contributed by atoms with Crippen LogP contribution in [0, 0.1) is 11.8 Å². The first-order chi connectivity index (χ1) is 17.9. The van der Waals surface area contributed by atoms with Crippen LogP contribution in [0.15, 0.2) is 24.3 Å². The van der Waals surface area contributed by atoms with Crippen LogP contribution >= 0.6 is 0 Å². The van der Waals surface area contributed by atoms with E-state index in [1.807, 2.05) is 27.7 Å². The number of amides is 4. The molecule has 0 unspecified atom stereocenters. The molecule has 0 aliphatic carbocycles. The van der Waals surface area contributed by atoms with Crippen LogP contribution in [0.1, 0.15) is 75.1 Å². The summed E-state index contributed by atoms with van der Waals surface area (Å²) < 4.78 is 0. The number of hydrogen-bond donors (Lipinski definition) is 3. The summed E-state index contributed by atoms with van der Waals surface area (Å²) in [6.07, 6.45) is 0.826. The molecule has 0 bridgehead atoms. The SMILES string of the molecule is CCN(CC)CCNC(=O)c1ccc(C(=O)N[C@@H](CC(C)C)C(=O)N[C@@H](CC(C)C)C(=O)N(C)OC)cc1. The molecule has 0 saturated carbocycles. The van der Waals surface area contributed by atoms with Crippen LogP contribution < -0.4 is 16.0 Å². The lowest BCUT2D eigenvalue weighted by molar-refractivity contribution is -0.172. The van der Waals surface area contributed by atoms with Gasteiger partial charge in [-0.15, -0.1) is 0 Å². The van der Waals surface area contributed by atoms with Crippen molar-refractivity contribution in [1.29, 1.82) is 0 Å². The summed E-state index contributed by atoms with van der Waals surface area (Å²) in [7, 11) is 2.87. The predicted octanol–water partition coefficient (Wildman–Crippen LogP) is 2.45. The lowest BCUT2D eigenvalue weighted by Gasteiger charge is -2.27. The molecular weight excluding hydrogens is 486 g/mol. The van der Waals surface area contributed by atoms with Crippen molar-refractivity contribution in [3.8, 4) is 0 Å². The highest BCUT2D eigenvalue weighted by Gasteiger charge is 2.30. The summed E-state index contributed by atoms with van der Waals surface area (Å²) in [6.45, 7) is 15.1. The van der Waals surface area contributed by atoms with Crippen LogP contribution in [0.4, 0.5) is 0 Å². The Morgan fingerprint density at radius 2 is 1.32 bits per heavy atom. The third-order valence-electron chi connectivity index (χ3n) is 6.25. The summed E-state index contributed by atoms with van der Waals surface area (Å²) in [6, 6.07) is 4.71. The lowest BCUT2D eigenvalue weighted by Crippen LogP contribution is -2.54. The maximum atomic E-state index is 13.2. The molecule has 0 heterocycles. The Kier molecular flexibility index (Phi) is 14.6. The Balaban J connectivity index is 2.89. The minimum atomic E-state index is -0.833. The standard InChI is InChI=1S/C28H47N5O5/c1-9-33(10-2)16-15-29-25(34)21-11-13-22(14-12-21)26(35)30-23(17-19(3)4)27(36)31-24(18-20(5)6)28(37)32(7)38-8/h11-14,19-20,23-24H,9-10,15-18H2,1-8H3,(H,29,34)(H,30,35)(H,31,36)/t23-,24-/m0/s1. The van der Waals surface area contributed by atoms with Crippen LogP contribution in [0.25, 0.3) is 0 Å². The Labute approximate surface area is 227 Å². The zero-order chi connectivity index (χ0) is 28.8. The molecule has 0 aromatic heterocycles. The van der Waals surface area contributed by atoms with Crippen molar-refractivity contribution < 1.29 is 24.0 Å². The molecule has 0 aliphatic rings. The first kappa shape index (κ1) is 33.0. The van der Waals surface area contributed by atoms with E-state index in [0.717, 1.165) is 24.7 Å². The van der Waals surface area contributed by atoms with Gasteiger partial charge in [0.05, 0.1) is 7.11 Å². The van der Waals surface area contributed by atoms with E-state index in [2.05, 4.69) is 34.7 Å². The Bertz CT molecular complexity index is 899. The predicted molar refractivity (Wildman–Crippen MR) is 148 cm³/mol. The number of rotatable bonds is 16. The third kappa shape index (κ3) is 11.2. The van der Waals surface area contributed by atoms with E-state index < -0.39 is 23.9 Å². The van der Waals surface area contributed by atoms with E-state index in [0.29, 0.717) is 30.5 Å². The van der Waals surface area contributed by atoms with Crippen molar-refractivity contribution in [1.82, 2.24) is 25.9 Å². The molecule has 0 aliphatic heterocycles. The molecular formula is C28H47N5O5. The summed E-state index contributed by atoms with van der Waals surface area (Å²) in [5, 5.41) is 9.59. The number of hydroxylamine groups is 2. The van der Waals surface area contributed by atoms with Crippen LogP contribution in [-0.2, 0) is 14.4 Å². The van der Waals surface area contributed by atoms with Crippen LogP contribution in [-0.4, -0.2) is 86.0 Å². The van der Waals surface area contributed by atoms with E-state index in [-0.39, 0.29) is 23.7 Å². The molecule has 1 aromatic carbocycles. The largest absolute Gasteiger partial charge is 0.351 e. The normalized spacial score (nSPS) is 12.8. The first-order valence-corrected chi connectivity index (χ1v) is 13.5. The van der Waals surface area contributed by atoms with Gasteiger partial charge in [-0.05, 0) is 62.0 Å². The van der Waals surface area contributed by atoms with Crippen molar-refractivity contribution >= 4 is 23.6 Å². The van der Waals surface area contributed by atoms with Gasteiger partial charge >= 0.3 is 0 Å². The second kappa shape index (κ2) is 16.8. The molecule has 1 rings (SSSR count). The highest BCUT2D eigenvalue weighted by Crippen LogP contribution is 2.12. The number of hydrogen-bond acceptors (Lipinski definition) is 6. The monoisotopic (exact) mass is 533 g/mol. The maximum Gasteiger partial charge on any atom is 0.268 e. The van der Waals surface area contributed by atoms with Gasteiger partial charge in [0.25, 0.3) is 17.7 Å². The molecule has 214 valence electrons. The van der Waals surface area contributed by atoms with Crippen molar-refractivity contribution in [3.63, 3.8) is 0 Å². The fraction of sp³-hybridized carbons (Fsp3) is 0.643. The number of nitrogens with one attached hydrogen (secondary N) is 3. The summed E-state index contributed by atoms with van der Waals surface area (Å²) in [5.41, 5.74) is 0.787. The zero-order valence-corrected chi connectivity index (χ0v) is 24.3. The molecule has 4 amide bonds. The van der Waals surface area contributed by atoms with Gasteiger partial charge in [-0.1, -0.05) is 41.5 Å². The smallest absolute Gasteiger partial charge is 0.268 e. The Hall–Kier alpha value is -2.98. The van der Waals surface area contributed by atoms with Gasteiger partial charge in [0, 0.05) is 31.3 Å². The fourth-order valence-corrected chi connectivity index (χ4v) is 3.96. The molecule has 0 spiro atoms. The molecule has 3 N–H and O–H groups in total. The number of carbonyl (C=O) groups excluding carboxylic acids is 4. The molecule has 0 saturated heterocycles. The van der Waals surface area contributed by atoms with Gasteiger partial charge in [-0.25, -0.2) is 5.06 Å². The Morgan fingerprint density at radius 1 is 0.816 bits per heavy atom. The Morgan fingerprint density at radius 3 is 1.79 bits per heavy atom. The molecule has 0 fully saturated rings. The highest BCUT2D eigenvalue weighted by atomic mass is 16.7. The van der Waals surface area contributed by atoms with Gasteiger partial charge in [0.2, 0.25) is 5.91 Å². The van der Waals surface area contributed by atoms with Crippen LogP contribution in [0.3, 0.4) is 0 Å². The highest BCUT2D eigenvalue weighted by molar-refractivity contribution is 6.00. The van der Waals surface area contributed by atoms with E-state index >= 15 is 0 Å². The van der Waals surface area contributed by atoms with E-state index in [9.17, 15) is 19.2 Å². The third-order valence-corrected chi connectivity index (χ3v) is 6.25. The average molecular weight is 534 g/mol. The number of benzene rings is 1. The molecule has 1 aromatic rings. The van der Waals surface area contributed by atoms with Gasteiger partial charge in [-0.2, -0.15) is 0 Å². The van der Waals surface area contributed by atoms with Gasteiger partial charge in [-0.3, -0.25) is 24.0 Å².